The second-order valence-electron chi connectivity index (χ2n) is 4.77. The first kappa shape index (κ1) is 14.5. The predicted octanol–water partition coefficient (Wildman–Crippen LogP) is 3.49. The number of aldehydes is 1. The summed E-state index contributed by atoms with van der Waals surface area (Å²) in [6, 6.07) is 6.31. The third kappa shape index (κ3) is 2.42. The van der Waals surface area contributed by atoms with Crippen molar-refractivity contribution in [2.75, 3.05) is 7.11 Å². The molecule has 0 fully saturated rings. The summed E-state index contributed by atoms with van der Waals surface area (Å²) in [7, 11) is 1.25. The summed E-state index contributed by atoms with van der Waals surface area (Å²) >= 11 is 1.32. The molecule has 1 N–H and O–H groups in total. The van der Waals surface area contributed by atoms with Crippen LogP contribution in [0.4, 0.5) is 4.39 Å². The predicted molar refractivity (Wildman–Crippen MR) is 82.4 cm³/mol. The van der Waals surface area contributed by atoms with E-state index in [4.69, 9.17) is 0 Å². The molecule has 2 aromatic heterocycles. The number of benzene rings is 1. The zero-order valence-corrected chi connectivity index (χ0v) is 12.4. The lowest BCUT2D eigenvalue weighted by Gasteiger charge is -2.04. The van der Waals surface area contributed by atoms with Crippen LogP contribution in [0.5, 0.6) is 0 Å². The second-order valence-corrected chi connectivity index (χ2v) is 5.71. The Kier molecular flexibility index (Phi) is 3.77. The van der Waals surface area contributed by atoms with E-state index in [2.05, 4.69) is 9.72 Å². The van der Waals surface area contributed by atoms with E-state index in [1.165, 1.54) is 30.6 Å². The first-order chi connectivity index (χ1) is 10.6. The SMILES string of the molecule is COC(=O)C(C=O)c1cc(-c2c[nH]c3cc(F)ccc23)cs1. The normalized spacial score (nSPS) is 12.3. The van der Waals surface area contributed by atoms with Gasteiger partial charge in [-0.2, -0.15) is 0 Å². The van der Waals surface area contributed by atoms with E-state index in [1.54, 1.807) is 18.3 Å². The molecule has 0 aliphatic heterocycles. The van der Waals surface area contributed by atoms with Crippen LogP contribution in [0, 0.1) is 5.82 Å². The standard InChI is InChI=1S/C16H12FNO3S/c1-21-16(20)13(7-19)15-4-9(8-22-15)12-6-18-14-5-10(17)2-3-11(12)14/h2-8,13,18H,1H3. The summed E-state index contributed by atoms with van der Waals surface area (Å²) < 4.78 is 17.9. The third-order valence-corrected chi connectivity index (χ3v) is 4.49. The monoisotopic (exact) mass is 317 g/mol. The molecule has 1 unspecified atom stereocenters. The number of hydrogen-bond donors (Lipinski definition) is 1. The molecule has 0 spiro atoms. The van der Waals surface area contributed by atoms with Crippen molar-refractivity contribution < 1.29 is 18.7 Å². The van der Waals surface area contributed by atoms with Crippen LogP contribution in [0.25, 0.3) is 22.0 Å². The molecule has 22 heavy (non-hydrogen) atoms. The van der Waals surface area contributed by atoms with Gasteiger partial charge in [0.2, 0.25) is 0 Å². The van der Waals surface area contributed by atoms with Gasteiger partial charge in [-0.15, -0.1) is 11.3 Å². The van der Waals surface area contributed by atoms with E-state index in [-0.39, 0.29) is 5.82 Å². The molecule has 0 radical (unpaired) electrons. The summed E-state index contributed by atoms with van der Waals surface area (Å²) in [6.07, 6.45) is 2.36. The van der Waals surface area contributed by atoms with Crippen molar-refractivity contribution in [3.8, 4) is 11.1 Å². The smallest absolute Gasteiger partial charge is 0.321 e. The van der Waals surface area contributed by atoms with Crippen molar-refractivity contribution >= 4 is 34.5 Å². The number of methoxy groups -OCH3 is 1. The van der Waals surface area contributed by atoms with Crippen LogP contribution in [0.1, 0.15) is 10.8 Å². The maximum absolute atomic E-state index is 13.2. The van der Waals surface area contributed by atoms with E-state index in [0.29, 0.717) is 16.7 Å². The number of halogens is 1. The Labute approximate surface area is 129 Å². The molecular formula is C16H12FNO3S. The lowest BCUT2D eigenvalue weighted by molar-refractivity contribution is -0.143. The maximum atomic E-state index is 13.2. The minimum atomic E-state index is -0.911. The van der Waals surface area contributed by atoms with Crippen molar-refractivity contribution in [2.24, 2.45) is 0 Å². The minimum Gasteiger partial charge on any atom is -0.468 e. The highest BCUT2D eigenvalue weighted by molar-refractivity contribution is 7.10. The Morgan fingerprint density at radius 2 is 2.23 bits per heavy atom. The Hall–Kier alpha value is -2.47. The fourth-order valence-corrected chi connectivity index (χ4v) is 3.31. The lowest BCUT2D eigenvalue weighted by atomic mass is 10.0. The third-order valence-electron chi connectivity index (χ3n) is 3.47. The Morgan fingerprint density at radius 3 is 2.95 bits per heavy atom. The number of fused-ring (bicyclic) bond motifs is 1. The number of carbonyl (C=O) groups is 2. The Morgan fingerprint density at radius 1 is 1.41 bits per heavy atom. The van der Waals surface area contributed by atoms with Gasteiger partial charge in [0.15, 0.2) is 0 Å². The molecule has 1 atom stereocenters. The van der Waals surface area contributed by atoms with Crippen LogP contribution in [-0.2, 0) is 14.3 Å². The number of nitrogens with one attached hydrogen (secondary N) is 1. The summed E-state index contributed by atoms with van der Waals surface area (Å²) in [5, 5.41) is 2.74. The van der Waals surface area contributed by atoms with Gasteiger partial charge in [-0.1, -0.05) is 0 Å². The average molecular weight is 317 g/mol. The van der Waals surface area contributed by atoms with Gasteiger partial charge in [-0.05, 0) is 35.2 Å². The molecule has 0 bridgehead atoms. The number of hydrogen-bond acceptors (Lipinski definition) is 4. The Balaban J connectivity index is 2.02. The highest BCUT2D eigenvalue weighted by atomic mass is 32.1. The van der Waals surface area contributed by atoms with Crippen LogP contribution in [0.2, 0.25) is 0 Å². The van der Waals surface area contributed by atoms with Crippen molar-refractivity contribution in [1.29, 1.82) is 0 Å². The molecule has 1 aromatic carbocycles. The highest BCUT2D eigenvalue weighted by Gasteiger charge is 2.23. The number of ether oxygens (including phenoxy) is 1. The van der Waals surface area contributed by atoms with Crippen LogP contribution in [0.3, 0.4) is 0 Å². The first-order valence-corrected chi connectivity index (χ1v) is 7.40. The number of aromatic nitrogens is 1. The molecule has 6 heteroatoms. The summed E-state index contributed by atoms with van der Waals surface area (Å²) in [4.78, 5) is 26.3. The van der Waals surface area contributed by atoms with E-state index in [0.717, 1.165) is 16.5 Å². The van der Waals surface area contributed by atoms with Crippen molar-refractivity contribution in [3.05, 3.63) is 46.5 Å². The van der Waals surface area contributed by atoms with Gasteiger partial charge in [0.1, 0.15) is 18.0 Å². The van der Waals surface area contributed by atoms with E-state index in [9.17, 15) is 14.0 Å². The van der Waals surface area contributed by atoms with Crippen LogP contribution in [-0.4, -0.2) is 24.3 Å². The fraction of sp³-hybridized carbons (Fsp3) is 0.125. The van der Waals surface area contributed by atoms with Gasteiger partial charge >= 0.3 is 5.97 Å². The molecule has 112 valence electrons. The summed E-state index contributed by atoms with van der Waals surface area (Å²) in [6.45, 7) is 0. The highest BCUT2D eigenvalue weighted by Crippen LogP contribution is 2.34. The number of esters is 1. The first-order valence-electron chi connectivity index (χ1n) is 6.52. The van der Waals surface area contributed by atoms with E-state index < -0.39 is 11.9 Å². The number of rotatable bonds is 4. The number of thiophene rings is 1. The largest absolute Gasteiger partial charge is 0.468 e. The summed E-state index contributed by atoms with van der Waals surface area (Å²) in [5.41, 5.74) is 2.46. The van der Waals surface area contributed by atoms with Crippen LogP contribution in [0.15, 0.2) is 35.8 Å². The zero-order chi connectivity index (χ0) is 15.7. The van der Waals surface area contributed by atoms with Gasteiger partial charge in [0.25, 0.3) is 0 Å². The van der Waals surface area contributed by atoms with Crippen molar-refractivity contribution in [2.45, 2.75) is 5.92 Å². The second kappa shape index (κ2) is 5.73. The quantitative estimate of drug-likeness (QED) is 0.455. The Bertz CT molecular complexity index is 852. The summed E-state index contributed by atoms with van der Waals surface area (Å²) in [5.74, 6) is -1.80. The molecule has 2 heterocycles. The molecule has 4 nitrogen and oxygen atoms in total. The number of H-pyrrole nitrogens is 1. The number of aromatic amines is 1. The van der Waals surface area contributed by atoms with Crippen LogP contribution < -0.4 is 0 Å². The van der Waals surface area contributed by atoms with Gasteiger partial charge in [-0.25, -0.2) is 4.39 Å². The van der Waals surface area contributed by atoms with Crippen molar-refractivity contribution in [3.63, 3.8) is 0 Å². The van der Waals surface area contributed by atoms with Crippen molar-refractivity contribution in [1.82, 2.24) is 4.98 Å². The molecule has 0 saturated carbocycles. The average Bonchev–Trinajstić information content (AvgIpc) is 3.14. The molecule has 3 rings (SSSR count). The fourth-order valence-electron chi connectivity index (χ4n) is 2.36. The molecule has 0 aliphatic carbocycles. The minimum absolute atomic E-state index is 0.307. The van der Waals surface area contributed by atoms with E-state index in [1.807, 2.05) is 5.38 Å². The number of carbonyl (C=O) groups excluding carboxylic acids is 2. The maximum Gasteiger partial charge on any atom is 0.321 e. The van der Waals surface area contributed by atoms with E-state index >= 15 is 0 Å². The molecule has 0 amide bonds. The van der Waals surface area contributed by atoms with Crippen LogP contribution >= 0.6 is 11.3 Å². The van der Waals surface area contributed by atoms with Gasteiger partial charge in [0.05, 0.1) is 7.11 Å². The zero-order valence-electron chi connectivity index (χ0n) is 11.6. The molecule has 3 aromatic rings. The molecular weight excluding hydrogens is 305 g/mol. The van der Waals surface area contributed by atoms with Gasteiger partial charge < -0.3 is 14.5 Å². The molecule has 0 aliphatic rings. The lowest BCUT2D eigenvalue weighted by Crippen LogP contribution is -2.14. The molecule has 0 saturated heterocycles. The van der Waals surface area contributed by atoms with Gasteiger partial charge in [0, 0.05) is 27.5 Å². The van der Waals surface area contributed by atoms with Gasteiger partial charge in [-0.3, -0.25) is 4.79 Å². The topological polar surface area (TPSA) is 59.2 Å².